The molecule has 0 aliphatic rings. The van der Waals surface area contributed by atoms with Crippen LogP contribution in [0, 0.1) is 10.5 Å². The Hall–Kier alpha value is -1.60. The minimum atomic E-state index is -0.346. The highest BCUT2D eigenvalue weighted by Crippen LogP contribution is 2.26. The fourth-order valence-electron chi connectivity index (χ4n) is 2.41. The quantitative estimate of drug-likeness (QED) is 0.397. The molecule has 0 saturated heterocycles. The molecule has 24 heavy (non-hydrogen) atoms. The molecule has 0 saturated carbocycles. The molecule has 5 heteroatoms. The number of anilines is 1. The molecular formula is C19H22INO3. The predicted octanol–water partition coefficient (Wildman–Crippen LogP) is 4.87. The third-order valence-corrected chi connectivity index (χ3v) is 4.51. The maximum atomic E-state index is 11.8. The van der Waals surface area contributed by atoms with Crippen LogP contribution in [0.2, 0.25) is 0 Å². The van der Waals surface area contributed by atoms with E-state index in [1.165, 1.54) is 5.56 Å². The minimum Gasteiger partial charge on any atom is -0.489 e. The van der Waals surface area contributed by atoms with Gasteiger partial charge < -0.3 is 4.74 Å². The van der Waals surface area contributed by atoms with Gasteiger partial charge in [-0.3, -0.25) is 10.0 Å². The maximum absolute atomic E-state index is 11.8. The van der Waals surface area contributed by atoms with Gasteiger partial charge in [-0.25, -0.2) is 0 Å². The molecule has 2 rings (SSSR count). The molecule has 0 atom stereocenters. The lowest BCUT2D eigenvalue weighted by molar-refractivity contribution is -0.123. The third kappa shape index (κ3) is 4.48. The summed E-state index contributed by atoms with van der Waals surface area (Å²) in [5.74, 6) is 0.462. The molecule has 0 aliphatic heterocycles. The van der Waals surface area contributed by atoms with Crippen LogP contribution in [-0.4, -0.2) is 11.1 Å². The zero-order valence-electron chi connectivity index (χ0n) is 14.2. The van der Waals surface area contributed by atoms with Crippen molar-refractivity contribution in [3.8, 4) is 5.75 Å². The SMILES string of the molecule is CCC(=O)N(O)c1ccc(I)cc1COc1ccc(CC)cc1C. The lowest BCUT2D eigenvalue weighted by atomic mass is 10.1. The minimum absolute atomic E-state index is 0.236. The van der Waals surface area contributed by atoms with Crippen LogP contribution in [0.25, 0.3) is 0 Å². The van der Waals surface area contributed by atoms with Crippen molar-refractivity contribution in [2.24, 2.45) is 0 Å². The fraction of sp³-hybridized carbons (Fsp3) is 0.316. The van der Waals surface area contributed by atoms with Crippen LogP contribution in [0.15, 0.2) is 36.4 Å². The molecule has 4 nitrogen and oxygen atoms in total. The molecule has 2 aromatic rings. The summed E-state index contributed by atoms with van der Waals surface area (Å²) in [6.07, 6.45) is 1.22. The van der Waals surface area contributed by atoms with E-state index >= 15 is 0 Å². The Kier molecular flexibility index (Phi) is 6.62. The van der Waals surface area contributed by atoms with Crippen LogP contribution in [0.5, 0.6) is 5.75 Å². The number of ether oxygens (including phenoxy) is 1. The van der Waals surface area contributed by atoms with Gasteiger partial charge in [0.2, 0.25) is 5.91 Å². The van der Waals surface area contributed by atoms with Crippen LogP contribution in [0.1, 0.15) is 37.0 Å². The van der Waals surface area contributed by atoms with Gasteiger partial charge in [-0.15, -0.1) is 0 Å². The normalized spacial score (nSPS) is 10.5. The average Bonchev–Trinajstić information content (AvgIpc) is 2.59. The van der Waals surface area contributed by atoms with Crippen LogP contribution in [0.4, 0.5) is 5.69 Å². The van der Waals surface area contributed by atoms with Crippen molar-refractivity contribution in [3.05, 3.63) is 56.7 Å². The van der Waals surface area contributed by atoms with Crippen molar-refractivity contribution in [1.82, 2.24) is 0 Å². The van der Waals surface area contributed by atoms with Crippen molar-refractivity contribution < 1.29 is 14.7 Å². The number of hydrogen-bond acceptors (Lipinski definition) is 3. The Morgan fingerprint density at radius 2 is 1.96 bits per heavy atom. The molecule has 0 heterocycles. The van der Waals surface area contributed by atoms with E-state index in [9.17, 15) is 10.0 Å². The van der Waals surface area contributed by atoms with Crippen molar-refractivity contribution in [1.29, 1.82) is 0 Å². The molecule has 2 aromatic carbocycles. The summed E-state index contributed by atoms with van der Waals surface area (Å²) in [4.78, 5) is 11.8. The van der Waals surface area contributed by atoms with Gasteiger partial charge in [0.15, 0.2) is 0 Å². The Morgan fingerprint density at radius 3 is 2.58 bits per heavy atom. The number of aryl methyl sites for hydroxylation is 2. The summed E-state index contributed by atoms with van der Waals surface area (Å²) in [5, 5.41) is 10.8. The number of rotatable bonds is 6. The first-order chi connectivity index (χ1) is 11.5. The second-order valence-electron chi connectivity index (χ2n) is 5.57. The van der Waals surface area contributed by atoms with E-state index in [-0.39, 0.29) is 18.9 Å². The lowest BCUT2D eigenvalue weighted by Gasteiger charge is -2.19. The molecule has 1 N–H and O–H groups in total. The highest BCUT2D eigenvalue weighted by atomic mass is 127. The van der Waals surface area contributed by atoms with Gasteiger partial charge in [-0.2, -0.15) is 5.06 Å². The van der Waals surface area contributed by atoms with E-state index in [0.29, 0.717) is 10.8 Å². The first-order valence-electron chi connectivity index (χ1n) is 7.98. The number of hydroxylamine groups is 1. The largest absolute Gasteiger partial charge is 0.489 e. The predicted molar refractivity (Wildman–Crippen MR) is 104 cm³/mol. The number of carbonyl (C=O) groups excluding carboxylic acids is 1. The van der Waals surface area contributed by atoms with E-state index in [2.05, 4.69) is 41.6 Å². The topological polar surface area (TPSA) is 49.8 Å². The van der Waals surface area contributed by atoms with Gasteiger partial charge in [-0.05, 0) is 71.3 Å². The van der Waals surface area contributed by atoms with Crippen molar-refractivity contribution in [3.63, 3.8) is 0 Å². The molecule has 0 unspecified atom stereocenters. The van der Waals surface area contributed by atoms with Gasteiger partial charge in [0.05, 0.1) is 5.69 Å². The van der Waals surface area contributed by atoms with Gasteiger partial charge >= 0.3 is 0 Å². The van der Waals surface area contributed by atoms with E-state index in [0.717, 1.165) is 26.9 Å². The molecule has 0 radical (unpaired) electrons. The molecule has 0 aromatic heterocycles. The molecule has 0 spiro atoms. The third-order valence-electron chi connectivity index (χ3n) is 3.84. The number of benzene rings is 2. The summed E-state index contributed by atoms with van der Waals surface area (Å²) in [5.41, 5.74) is 3.58. The number of hydrogen-bond donors (Lipinski definition) is 1. The fourth-order valence-corrected chi connectivity index (χ4v) is 2.96. The summed E-state index contributed by atoms with van der Waals surface area (Å²) >= 11 is 2.20. The molecule has 1 amide bonds. The Labute approximate surface area is 156 Å². The van der Waals surface area contributed by atoms with Crippen LogP contribution in [0.3, 0.4) is 0 Å². The molecule has 0 fully saturated rings. The number of carbonyl (C=O) groups is 1. The second-order valence-corrected chi connectivity index (χ2v) is 6.82. The van der Waals surface area contributed by atoms with Crippen LogP contribution >= 0.6 is 22.6 Å². The van der Waals surface area contributed by atoms with E-state index in [4.69, 9.17) is 4.74 Å². The summed E-state index contributed by atoms with van der Waals surface area (Å²) in [6.45, 7) is 6.14. The molecule has 0 bridgehead atoms. The number of nitrogens with zero attached hydrogens (tertiary/aromatic N) is 1. The second kappa shape index (κ2) is 8.48. The van der Waals surface area contributed by atoms with Crippen LogP contribution in [-0.2, 0) is 17.8 Å². The van der Waals surface area contributed by atoms with Gasteiger partial charge in [0.1, 0.15) is 12.4 Å². The number of amides is 1. The van der Waals surface area contributed by atoms with Gasteiger partial charge in [0.25, 0.3) is 0 Å². The van der Waals surface area contributed by atoms with Gasteiger partial charge in [-0.1, -0.05) is 26.0 Å². The average molecular weight is 439 g/mol. The van der Waals surface area contributed by atoms with Crippen molar-refractivity contribution in [2.45, 2.75) is 40.2 Å². The maximum Gasteiger partial charge on any atom is 0.250 e. The number of halogens is 1. The molecule has 128 valence electrons. The summed E-state index contributed by atoms with van der Waals surface area (Å²) in [6, 6.07) is 11.6. The Balaban J connectivity index is 2.23. The van der Waals surface area contributed by atoms with Crippen molar-refractivity contribution >= 4 is 34.2 Å². The molecule has 0 aliphatic carbocycles. The molecular weight excluding hydrogens is 417 g/mol. The van der Waals surface area contributed by atoms with Gasteiger partial charge in [0, 0.05) is 15.6 Å². The first-order valence-corrected chi connectivity index (χ1v) is 9.06. The zero-order valence-corrected chi connectivity index (χ0v) is 16.3. The van der Waals surface area contributed by atoms with Crippen molar-refractivity contribution in [2.75, 3.05) is 5.06 Å². The highest BCUT2D eigenvalue weighted by Gasteiger charge is 2.16. The first kappa shape index (κ1) is 18.7. The Bertz CT molecular complexity index is 731. The standard InChI is InChI=1S/C19H22INO3/c1-4-14-6-9-18(13(3)10-14)24-12-15-11-16(20)7-8-17(15)21(23)19(22)5-2/h6-11,23H,4-5,12H2,1-3H3. The lowest BCUT2D eigenvalue weighted by Crippen LogP contribution is -2.27. The van der Waals surface area contributed by atoms with Crippen LogP contribution < -0.4 is 9.80 Å². The van der Waals surface area contributed by atoms with E-state index in [1.807, 2.05) is 25.1 Å². The monoisotopic (exact) mass is 439 g/mol. The smallest absolute Gasteiger partial charge is 0.250 e. The van der Waals surface area contributed by atoms with E-state index in [1.54, 1.807) is 13.0 Å². The van der Waals surface area contributed by atoms with E-state index < -0.39 is 0 Å². The Morgan fingerprint density at radius 1 is 1.21 bits per heavy atom. The highest BCUT2D eigenvalue weighted by molar-refractivity contribution is 14.1. The summed E-state index contributed by atoms with van der Waals surface area (Å²) in [7, 11) is 0. The zero-order chi connectivity index (χ0) is 17.7. The summed E-state index contributed by atoms with van der Waals surface area (Å²) < 4.78 is 6.95.